The van der Waals surface area contributed by atoms with Gasteiger partial charge in [0, 0.05) is 21.7 Å². The number of anilines is 1. The zero-order valence-corrected chi connectivity index (χ0v) is 16.8. The van der Waals surface area contributed by atoms with E-state index in [0.717, 1.165) is 5.56 Å². The molecule has 148 valence electrons. The van der Waals surface area contributed by atoms with Crippen molar-refractivity contribution in [2.45, 2.75) is 6.92 Å². The van der Waals surface area contributed by atoms with E-state index >= 15 is 0 Å². The lowest BCUT2D eigenvalue weighted by atomic mass is 10.1. The molecule has 0 spiro atoms. The molecule has 3 aromatic rings. The highest BCUT2D eigenvalue weighted by Gasteiger charge is 2.26. The number of hydrogen-bond donors (Lipinski definition) is 1. The molecule has 0 atom stereocenters. The Bertz CT molecular complexity index is 1060. The highest BCUT2D eigenvalue weighted by Crippen LogP contribution is 2.30. The topological polar surface area (TPSA) is 81.4 Å². The van der Waals surface area contributed by atoms with Gasteiger partial charge >= 0.3 is 5.97 Å². The molecule has 1 N–H and O–H groups in total. The fraction of sp³-hybridized carbons (Fsp3) is 0.0952. The first-order chi connectivity index (χ1) is 14.0. The van der Waals surface area contributed by atoms with Gasteiger partial charge in [0.05, 0.1) is 6.61 Å². The lowest BCUT2D eigenvalue weighted by Gasteiger charge is -2.04. The SMILES string of the molecule is CCOC(=O)c1c(-c2ccc(Cl)cc2)noc1NC(=O)/C=C/c1cccc(Cl)c1. The summed E-state index contributed by atoms with van der Waals surface area (Å²) in [7, 11) is 0. The van der Waals surface area contributed by atoms with Crippen LogP contribution >= 0.6 is 23.2 Å². The quantitative estimate of drug-likeness (QED) is 0.413. The highest BCUT2D eigenvalue weighted by molar-refractivity contribution is 6.31. The number of nitrogens with one attached hydrogen (secondary N) is 1. The van der Waals surface area contributed by atoms with Gasteiger partial charge in [-0.15, -0.1) is 0 Å². The van der Waals surface area contributed by atoms with E-state index in [0.29, 0.717) is 15.6 Å². The minimum atomic E-state index is -0.659. The third-order valence-electron chi connectivity index (χ3n) is 3.80. The Labute approximate surface area is 177 Å². The Morgan fingerprint density at radius 1 is 1.14 bits per heavy atom. The van der Waals surface area contributed by atoms with Crippen LogP contribution in [0.2, 0.25) is 10.0 Å². The minimum absolute atomic E-state index is 0.0266. The lowest BCUT2D eigenvalue weighted by molar-refractivity contribution is -0.112. The Kier molecular flexibility index (Phi) is 6.69. The van der Waals surface area contributed by atoms with Gasteiger partial charge in [-0.25, -0.2) is 4.79 Å². The predicted octanol–water partition coefficient (Wildman–Crippen LogP) is 5.48. The Morgan fingerprint density at radius 3 is 2.59 bits per heavy atom. The molecular formula is C21H16Cl2N2O4. The van der Waals surface area contributed by atoms with Crippen molar-refractivity contribution in [3.63, 3.8) is 0 Å². The fourth-order valence-corrected chi connectivity index (χ4v) is 2.83. The first kappa shape index (κ1) is 20.6. The number of amides is 1. The van der Waals surface area contributed by atoms with Crippen molar-refractivity contribution < 1.29 is 18.8 Å². The van der Waals surface area contributed by atoms with E-state index < -0.39 is 11.9 Å². The maximum Gasteiger partial charge on any atom is 0.346 e. The van der Waals surface area contributed by atoms with Crippen LogP contribution in [0, 0.1) is 0 Å². The molecule has 3 rings (SSSR count). The van der Waals surface area contributed by atoms with Crippen LogP contribution in [0.4, 0.5) is 5.88 Å². The van der Waals surface area contributed by atoms with Crippen LogP contribution in [0.15, 0.2) is 59.1 Å². The highest BCUT2D eigenvalue weighted by atomic mass is 35.5. The molecule has 0 saturated heterocycles. The van der Waals surface area contributed by atoms with Gasteiger partial charge in [-0.1, -0.05) is 52.6 Å². The smallest absolute Gasteiger partial charge is 0.346 e. The van der Waals surface area contributed by atoms with Gasteiger partial charge in [-0.2, -0.15) is 0 Å². The summed E-state index contributed by atoms with van der Waals surface area (Å²) in [5, 5.41) is 7.54. The zero-order valence-electron chi connectivity index (χ0n) is 15.3. The maximum absolute atomic E-state index is 12.5. The van der Waals surface area contributed by atoms with E-state index in [4.69, 9.17) is 32.5 Å². The third kappa shape index (κ3) is 5.25. The molecule has 0 radical (unpaired) electrons. The molecule has 8 heteroatoms. The summed E-state index contributed by atoms with van der Waals surface area (Å²) in [5.41, 5.74) is 1.61. The van der Waals surface area contributed by atoms with Gasteiger partial charge < -0.3 is 9.26 Å². The summed E-state index contributed by atoms with van der Waals surface area (Å²) in [6.07, 6.45) is 2.88. The van der Waals surface area contributed by atoms with Crippen molar-refractivity contribution in [2.75, 3.05) is 11.9 Å². The monoisotopic (exact) mass is 430 g/mol. The van der Waals surface area contributed by atoms with E-state index in [1.54, 1.807) is 61.5 Å². The molecule has 6 nitrogen and oxygen atoms in total. The van der Waals surface area contributed by atoms with Crippen LogP contribution < -0.4 is 5.32 Å². The van der Waals surface area contributed by atoms with Gasteiger partial charge in [-0.3, -0.25) is 10.1 Å². The van der Waals surface area contributed by atoms with E-state index in [1.165, 1.54) is 6.08 Å². The van der Waals surface area contributed by atoms with Crippen molar-refractivity contribution in [3.05, 3.63) is 75.8 Å². The van der Waals surface area contributed by atoms with Gasteiger partial charge in [0.1, 0.15) is 5.69 Å². The van der Waals surface area contributed by atoms with Crippen LogP contribution in [0.5, 0.6) is 0 Å². The molecule has 0 saturated carbocycles. The van der Waals surface area contributed by atoms with Crippen LogP contribution in [0.3, 0.4) is 0 Å². The van der Waals surface area contributed by atoms with Gasteiger partial charge in [-0.05, 0) is 42.8 Å². The molecule has 0 aliphatic carbocycles. The summed E-state index contributed by atoms with van der Waals surface area (Å²) in [4.78, 5) is 24.8. The zero-order chi connectivity index (χ0) is 20.8. The van der Waals surface area contributed by atoms with Gasteiger partial charge in [0.15, 0.2) is 5.56 Å². The van der Waals surface area contributed by atoms with Gasteiger partial charge in [0.2, 0.25) is 5.88 Å². The summed E-state index contributed by atoms with van der Waals surface area (Å²) in [6.45, 7) is 1.84. The lowest BCUT2D eigenvalue weighted by Crippen LogP contribution is -2.13. The van der Waals surface area contributed by atoms with Crippen molar-refractivity contribution in [3.8, 4) is 11.3 Å². The summed E-state index contributed by atoms with van der Waals surface area (Å²) < 4.78 is 10.3. The average molecular weight is 431 g/mol. The number of rotatable bonds is 6. The summed E-state index contributed by atoms with van der Waals surface area (Å²) in [5.74, 6) is -1.27. The van der Waals surface area contributed by atoms with E-state index in [-0.39, 0.29) is 23.7 Å². The maximum atomic E-state index is 12.5. The van der Waals surface area contributed by atoms with Crippen molar-refractivity contribution >= 4 is 47.0 Å². The number of benzene rings is 2. The largest absolute Gasteiger partial charge is 0.462 e. The van der Waals surface area contributed by atoms with E-state index in [2.05, 4.69) is 10.5 Å². The molecule has 0 bridgehead atoms. The average Bonchev–Trinajstić information content (AvgIpc) is 3.11. The second-order valence-electron chi connectivity index (χ2n) is 5.84. The van der Waals surface area contributed by atoms with Crippen molar-refractivity contribution in [2.24, 2.45) is 0 Å². The van der Waals surface area contributed by atoms with Crippen LogP contribution in [0.1, 0.15) is 22.8 Å². The first-order valence-electron chi connectivity index (χ1n) is 8.65. The normalized spacial score (nSPS) is 10.9. The standard InChI is InChI=1S/C21H16Cl2N2O4/c1-2-28-21(27)18-19(14-7-9-15(22)10-8-14)25-29-20(18)24-17(26)11-6-13-4-3-5-16(23)12-13/h3-12H,2H2,1H3,(H,24,26)/b11-6+. The second kappa shape index (κ2) is 9.41. The number of nitrogens with zero attached hydrogens (tertiary/aromatic N) is 1. The molecule has 0 aliphatic heterocycles. The molecule has 29 heavy (non-hydrogen) atoms. The fourth-order valence-electron chi connectivity index (χ4n) is 2.51. The second-order valence-corrected chi connectivity index (χ2v) is 6.71. The van der Waals surface area contributed by atoms with Crippen molar-refractivity contribution in [1.29, 1.82) is 0 Å². The summed E-state index contributed by atoms with van der Waals surface area (Å²) >= 11 is 11.8. The predicted molar refractivity (Wildman–Crippen MR) is 112 cm³/mol. The van der Waals surface area contributed by atoms with Gasteiger partial charge in [0.25, 0.3) is 5.91 Å². The number of halogens is 2. The molecule has 0 fully saturated rings. The summed E-state index contributed by atoms with van der Waals surface area (Å²) in [6, 6.07) is 13.7. The molecule has 1 amide bonds. The molecule has 1 aromatic heterocycles. The number of aromatic nitrogens is 1. The molecule has 0 aliphatic rings. The number of carbonyl (C=O) groups excluding carboxylic acids is 2. The Hall–Kier alpha value is -3.09. The third-order valence-corrected chi connectivity index (χ3v) is 4.29. The van der Waals surface area contributed by atoms with Crippen molar-refractivity contribution in [1.82, 2.24) is 5.16 Å². The number of hydrogen-bond acceptors (Lipinski definition) is 5. The van der Waals surface area contributed by atoms with E-state index in [9.17, 15) is 9.59 Å². The number of carbonyl (C=O) groups is 2. The van der Waals surface area contributed by atoms with Crippen LogP contribution in [0.25, 0.3) is 17.3 Å². The molecule has 0 unspecified atom stereocenters. The van der Waals surface area contributed by atoms with Crippen LogP contribution in [-0.2, 0) is 9.53 Å². The first-order valence-corrected chi connectivity index (χ1v) is 9.41. The number of esters is 1. The Morgan fingerprint density at radius 2 is 1.90 bits per heavy atom. The molecular weight excluding hydrogens is 415 g/mol. The van der Waals surface area contributed by atoms with E-state index in [1.807, 2.05) is 0 Å². The molecule has 1 heterocycles. The van der Waals surface area contributed by atoms with Crippen LogP contribution in [-0.4, -0.2) is 23.6 Å². The minimum Gasteiger partial charge on any atom is -0.462 e. The Balaban J connectivity index is 1.87. The number of ether oxygens (including phenoxy) is 1. The molecule has 2 aromatic carbocycles.